The molecule has 1 aliphatic rings. The highest BCUT2D eigenvalue weighted by Crippen LogP contribution is 2.37. The second kappa shape index (κ2) is 4.55. The van der Waals surface area contributed by atoms with Crippen LogP contribution in [-0.4, -0.2) is 12.3 Å². The molecule has 0 radical (unpaired) electrons. The summed E-state index contributed by atoms with van der Waals surface area (Å²) in [6.07, 6.45) is 0. The van der Waals surface area contributed by atoms with Gasteiger partial charge in [0, 0.05) is 23.3 Å². The van der Waals surface area contributed by atoms with E-state index in [1.54, 1.807) is 0 Å². The third-order valence-electron chi connectivity index (χ3n) is 3.64. The quantitative estimate of drug-likeness (QED) is 0.773. The summed E-state index contributed by atoms with van der Waals surface area (Å²) < 4.78 is 0. The Labute approximate surface area is 114 Å². The fourth-order valence-corrected chi connectivity index (χ4v) is 2.39. The minimum Gasteiger partial charge on any atom is -0.343 e. The van der Waals surface area contributed by atoms with E-state index in [9.17, 15) is 10.1 Å². The number of allylic oxidation sites excluding steroid dienone is 1. The zero-order valence-electron chi connectivity index (χ0n) is 11.6. The Hall–Kier alpha value is -2.08. The maximum atomic E-state index is 12.2. The number of hydrogen-bond acceptors (Lipinski definition) is 3. The van der Waals surface area contributed by atoms with Gasteiger partial charge in [-0.2, -0.15) is 5.26 Å². The van der Waals surface area contributed by atoms with Crippen LogP contribution in [0.15, 0.2) is 36.5 Å². The summed E-state index contributed by atoms with van der Waals surface area (Å²) in [5.41, 5.74) is 2.21. The van der Waals surface area contributed by atoms with Crippen LogP contribution in [0.5, 0.6) is 0 Å². The Bertz CT molecular complexity index is 563. The molecule has 1 heterocycles. The van der Waals surface area contributed by atoms with Gasteiger partial charge in [-0.1, -0.05) is 38.1 Å². The molecule has 1 unspecified atom stereocenters. The van der Waals surface area contributed by atoms with Crippen molar-refractivity contribution in [2.75, 3.05) is 11.4 Å². The van der Waals surface area contributed by atoms with Gasteiger partial charge >= 0.3 is 0 Å². The summed E-state index contributed by atoms with van der Waals surface area (Å²) in [4.78, 5) is 14.2. The predicted molar refractivity (Wildman–Crippen MR) is 75.6 cm³/mol. The Morgan fingerprint density at radius 2 is 1.95 bits per heavy atom. The van der Waals surface area contributed by atoms with Gasteiger partial charge in [0.15, 0.2) is 5.78 Å². The molecule has 3 nitrogen and oxygen atoms in total. The van der Waals surface area contributed by atoms with E-state index in [-0.39, 0.29) is 5.78 Å². The minimum atomic E-state index is -0.745. The average Bonchev–Trinajstić information content (AvgIpc) is 2.36. The van der Waals surface area contributed by atoms with Gasteiger partial charge in [0.25, 0.3) is 0 Å². The smallest absolute Gasteiger partial charge is 0.163 e. The number of carbonyl (C=O) groups is 1. The Morgan fingerprint density at radius 3 is 2.47 bits per heavy atom. The number of ketones is 1. The molecule has 19 heavy (non-hydrogen) atoms. The van der Waals surface area contributed by atoms with Crippen LogP contribution >= 0.6 is 0 Å². The molecular weight excluding hydrogens is 236 g/mol. The molecule has 0 aromatic heterocycles. The molecule has 0 saturated carbocycles. The van der Waals surface area contributed by atoms with E-state index >= 15 is 0 Å². The van der Waals surface area contributed by atoms with Crippen LogP contribution in [0.25, 0.3) is 0 Å². The van der Waals surface area contributed by atoms with Gasteiger partial charge in [0.05, 0.1) is 6.07 Å². The molecular formula is C16H18N2O. The van der Waals surface area contributed by atoms with E-state index in [0.29, 0.717) is 12.2 Å². The molecule has 2 rings (SSSR count). The lowest BCUT2D eigenvalue weighted by Gasteiger charge is -2.41. The van der Waals surface area contributed by atoms with E-state index in [4.69, 9.17) is 0 Å². The fraction of sp³-hybridized carbons (Fsp3) is 0.375. The van der Waals surface area contributed by atoms with E-state index in [1.807, 2.05) is 49.9 Å². The first-order chi connectivity index (χ1) is 8.86. The molecule has 1 saturated heterocycles. The molecule has 1 aromatic rings. The van der Waals surface area contributed by atoms with Gasteiger partial charge in [-0.3, -0.25) is 4.79 Å². The molecule has 0 N–H and O–H groups in total. The molecule has 3 heteroatoms. The zero-order valence-corrected chi connectivity index (χ0v) is 11.6. The zero-order chi connectivity index (χ0) is 14.2. The number of nitrogens with zero attached hydrogens (tertiary/aromatic N) is 2. The van der Waals surface area contributed by atoms with Crippen LogP contribution in [0.2, 0.25) is 0 Å². The number of carbonyl (C=O) groups excluding carboxylic acids is 1. The molecule has 0 spiro atoms. The van der Waals surface area contributed by atoms with E-state index in [0.717, 1.165) is 5.69 Å². The number of benzene rings is 1. The van der Waals surface area contributed by atoms with Crippen LogP contribution in [0.3, 0.4) is 0 Å². The normalized spacial score (nSPS) is 22.2. The minimum absolute atomic E-state index is 0.0386. The maximum absolute atomic E-state index is 12.2. The second-order valence-corrected chi connectivity index (χ2v) is 5.72. The Kier molecular flexibility index (Phi) is 3.20. The van der Waals surface area contributed by atoms with Crippen molar-refractivity contribution in [3.8, 4) is 6.07 Å². The van der Waals surface area contributed by atoms with Gasteiger partial charge in [-0.25, -0.2) is 0 Å². The van der Waals surface area contributed by atoms with Crippen LogP contribution in [0.1, 0.15) is 19.4 Å². The first kappa shape index (κ1) is 13.4. The summed E-state index contributed by atoms with van der Waals surface area (Å²) >= 11 is 0. The predicted octanol–water partition coefficient (Wildman–Crippen LogP) is 3.06. The second-order valence-electron chi connectivity index (χ2n) is 5.72. The molecule has 1 atom stereocenters. The Morgan fingerprint density at radius 1 is 1.37 bits per heavy atom. The monoisotopic (exact) mass is 254 g/mol. The summed E-state index contributed by atoms with van der Waals surface area (Å²) in [6.45, 7) is 10.3. The summed E-state index contributed by atoms with van der Waals surface area (Å²) in [7, 11) is 0. The lowest BCUT2D eigenvalue weighted by atomic mass is 9.76. The van der Waals surface area contributed by atoms with Gasteiger partial charge in [-0.05, 0) is 19.1 Å². The number of nitriles is 1. The van der Waals surface area contributed by atoms with Gasteiger partial charge in [0.1, 0.15) is 5.92 Å². The fourth-order valence-electron chi connectivity index (χ4n) is 2.39. The van der Waals surface area contributed by atoms with E-state index in [1.165, 1.54) is 5.56 Å². The lowest BCUT2D eigenvalue weighted by Crippen LogP contribution is -2.49. The number of piperidine rings is 1. The largest absolute Gasteiger partial charge is 0.343 e. The molecule has 98 valence electrons. The highest BCUT2D eigenvalue weighted by Gasteiger charge is 2.43. The Balaban J connectivity index is 2.41. The third-order valence-corrected chi connectivity index (χ3v) is 3.64. The molecule has 1 aliphatic heterocycles. The number of rotatable bonds is 1. The van der Waals surface area contributed by atoms with Crippen molar-refractivity contribution >= 4 is 11.5 Å². The van der Waals surface area contributed by atoms with E-state index in [2.05, 4.69) is 12.6 Å². The summed E-state index contributed by atoms with van der Waals surface area (Å²) in [6, 6.07) is 10.1. The molecule has 1 aromatic carbocycles. The van der Waals surface area contributed by atoms with Crippen LogP contribution in [-0.2, 0) is 4.79 Å². The van der Waals surface area contributed by atoms with Crippen molar-refractivity contribution in [1.29, 1.82) is 5.26 Å². The van der Waals surface area contributed by atoms with Crippen molar-refractivity contribution in [2.45, 2.75) is 20.8 Å². The molecule has 0 amide bonds. The topological polar surface area (TPSA) is 44.1 Å². The molecule has 0 bridgehead atoms. The van der Waals surface area contributed by atoms with Gasteiger partial charge in [-0.15, -0.1) is 0 Å². The molecule has 0 aliphatic carbocycles. The highest BCUT2D eigenvalue weighted by atomic mass is 16.1. The van der Waals surface area contributed by atoms with Crippen molar-refractivity contribution in [3.05, 3.63) is 42.1 Å². The SMILES string of the molecule is C=C1C(C#N)C(=O)C(C)(C)CN1c1ccc(C)cc1. The standard InChI is InChI=1S/C16H18N2O/c1-11-5-7-13(8-6-11)18-10-16(3,4)15(19)14(9-17)12(18)2/h5-8,14H,2,10H2,1,3-4H3. The third kappa shape index (κ3) is 2.26. The van der Waals surface area contributed by atoms with Crippen molar-refractivity contribution < 1.29 is 4.79 Å². The highest BCUT2D eigenvalue weighted by molar-refractivity contribution is 5.94. The number of hydrogen-bond donors (Lipinski definition) is 0. The maximum Gasteiger partial charge on any atom is 0.163 e. The van der Waals surface area contributed by atoms with Crippen molar-refractivity contribution in [2.24, 2.45) is 11.3 Å². The lowest BCUT2D eigenvalue weighted by molar-refractivity contribution is -0.129. The van der Waals surface area contributed by atoms with Crippen LogP contribution in [0, 0.1) is 29.6 Å². The number of Topliss-reactive ketones (excluding diaryl/α,β-unsaturated/α-hetero) is 1. The average molecular weight is 254 g/mol. The van der Waals surface area contributed by atoms with Crippen molar-refractivity contribution in [3.63, 3.8) is 0 Å². The number of aryl methyl sites for hydroxylation is 1. The van der Waals surface area contributed by atoms with Crippen LogP contribution in [0.4, 0.5) is 5.69 Å². The first-order valence-electron chi connectivity index (χ1n) is 6.34. The van der Waals surface area contributed by atoms with Crippen LogP contribution < -0.4 is 4.90 Å². The van der Waals surface area contributed by atoms with Gasteiger partial charge in [0.2, 0.25) is 0 Å². The summed E-state index contributed by atoms with van der Waals surface area (Å²) in [5, 5.41) is 9.21. The molecule has 1 fully saturated rings. The summed E-state index contributed by atoms with van der Waals surface area (Å²) in [5.74, 6) is -0.784. The van der Waals surface area contributed by atoms with Crippen molar-refractivity contribution in [1.82, 2.24) is 0 Å². The van der Waals surface area contributed by atoms with E-state index < -0.39 is 11.3 Å². The first-order valence-corrected chi connectivity index (χ1v) is 6.34. The number of anilines is 1. The van der Waals surface area contributed by atoms with Gasteiger partial charge < -0.3 is 4.90 Å².